The van der Waals surface area contributed by atoms with E-state index in [0.29, 0.717) is 0 Å². The van der Waals surface area contributed by atoms with E-state index in [4.69, 9.17) is 22.1 Å². The summed E-state index contributed by atoms with van der Waals surface area (Å²) in [5.74, 6) is -5.21. The number of aromatic nitrogens is 1. The fourth-order valence-corrected chi connectivity index (χ4v) is 4.66. The maximum Gasteiger partial charge on any atom is 0.395 e. The van der Waals surface area contributed by atoms with Crippen molar-refractivity contribution < 1.29 is 45.4 Å². The molecule has 1 aliphatic rings. The molecular formula is C27H22ClF6N3O5. The lowest BCUT2D eigenvalue weighted by molar-refractivity contribution is -0.181. The Hall–Kier alpha value is -4.04. The number of carbonyl (C=O) groups is 2. The molecule has 2 amide bonds. The van der Waals surface area contributed by atoms with E-state index >= 15 is 0 Å². The van der Waals surface area contributed by atoms with Gasteiger partial charge in [-0.25, -0.2) is 4.39 Å². The van der Waals surface area contributed by atoms with Gasteiger partial charge >= 0.3 is 12.8 Å². The van der Waals surface area contributed by atoms with E-state index in [1.807, 2.05) is 0 Å². The van der Waals surface area contributed by atoms with Crippen molar-refractivity contribution in [1.29, 1.82) is 0 Å². The monoisotopic (exact) mass is 617 g/mol. The third kappa shape index (κ3) is 7.05. The van der Waals surface area contributed by atoms with Crippen LogP contribution < -0.4 is 21.3 Å². The van der Waals surface area contributed by atoms with Gasteiger partial charge in [-0.05, 0) is 47.9 Å². The van der Waals surface area contributed by atoms with Crippen LogP contribution in [0.1, 0.15) is 28.4 Å². The minimum Gasteiger partial charge on any atom is -0.491 e. The Balaban J connectivity index is 1.76. The smallest absolute Gasteiger partial charge is 0.395 e. The largest absolute Gasteiger partial charge is 0.491 e. The molecule has 0 aliphatic carbocycles. The number of rotatable bonds is 8. The summed E-state index contributed by atoms with van der Waals surface area (Å²) in [4.78, 5) is 37.8. The average molecular weight is 618 g/mol. The molecule has 15 heteroatoms. The molecule has 0 unspecified atom stereocenters. The third-order valence-corrected chi connectivity index (χ3v) is 6.79. The Kier molecular flexibility index (Phi) is 9.16. The first-order chi connectivity index (χ1) is 19.7. The maximum absolute atomic E-state index is 14.2. The van der Waals surface area contributed by atoms with E-state index in [2.05, 4.69) is 10.1 Å². The number of amides is 2. The average Bonchev–Trinajstić information content (AvgIpc) is 2.88. The van der Waals surface area contributed by atoms with Crippen molar-refractivity contribution in [2.24, 2.45) is 11.7 Å². The number of ether oxygens (including phenoxy) is 2. The van der Waals surface area contributed by atoms with E-state index in [9.17, 15) is 40.7 Å². The van der Waals surface area contributed by atoms with Gasteiger partial charge in [0, 0.05) is 28.8 Å². The van der Waals surface area contributed by atoms with Crippen LogP contribution in [0.4, 0.5) is 32.0 Å². The van der Waals surface area contributed by atoms with Crippen LogP contribution in [0.2, 0.25) is 5.02 Å². The standard InChI is InChI=1S/C27H22ClF6N3O5/c28-15-2-1-13-7-14(27(32,33)34)12-42-22-11-37(23(38)10-19(22)18(13)8-15)21(5-6-41-26(30)31)25(40)36-16-3-4-17(24(35)39)20(29)9-16/h1-4,8-11,14,21,26H,5-7,12H2,(H2,35,39)(H,36,40)/t14-,21+/m1/s1. The van der Waals surface area contributed by atoms with E-state index in [1.54, 1.807) is 0 Å². The molecule has 3 N–H and O–H groups in total. The zero-order valence-electron chi connectivity index (χ0n) is 21.4. The predicted octanol–water partition coefficient (Wildman–Crippen LogP) is 5.33. The fraction of sp³-hybridized carbons (Fsp3) is 0.296. The van der Waals surface area contributed by atoms with Gasteiger partial charge in [0.05, 0.1) is 24.3 Å². The first-order valence-corrected chi connectivity index (χ1v) is 12.7. The molecule has 1 aromatic heterocycles. The van der Waals surface area contributed by atoms with E-state index in [1.165, 1.54) is 18.2 Å². The topological polar surface area (TPSA) is 113 Å². The minimum absolute atomic E-state index is 0.112. The molecule has 4 rings (SSSR count). The van der Waals surface area contributed by atoms with Gasteiger partial charge in [-0.15, -0.1) is 0 Å². The lowest BCUT2D eigenvalue weighted by atomic mass is 9.91. The molecule has 3 aromatic rings. The van der Waals surface area contributed by atoms with Crippen LogP contribution in [0.25, 0.3) is 11.1 Å². The van der Waals surface area contributed by atoms with Crippen molar-refractivity contribution in [3.05, 3.63) is 81.0 Å². The normalized spacial score (nSPS) is 15.6. The second kappa shape index (κ2) is 12.4. The van der Waals surface area contributed by atoms with Crippen LogP contribution in [0, 0.1) is 11.7 Å². The summed E-state index contributed by atoms with van der Waals surface area (Å²) in [6.45, 7) is -4.71. The number of benzene rings is 2. The van der Waals surface area contributed by atoms with Crippen molar-refractivity contribution >= 4 is 29.1 Å². The summed E-state index contributed by atoms with van der Waals surface area (Å²) in [5.41, 5.74) is 4.21. The maximum atomic E-state index is 14.2. The van der Waals surface area contributed by atoms with Crippen LogP contribution in [0.15, 0.2) is 53.5 Å². The lowest BCUT2D eigenvalue weighted by Crippen LogP contribution is -2.35. The highest BCUT2D eigenvalue weighted by atomic mass is 35.5. The van der Waals surface area contributed by atoms with Gasteiger partial charge in [-0.3, -0.25) is 19.0 Å². The Bertz CT molecular complexity index is 1560. The zero-order valence-corrected chi connectivity index (χ0v) is 22.1. The highest BCUT2D eigenvalue weighted by molar-refractivity contribution is 6.30. The molecule has 1 aliphatic heterocycles. The summed E-state index contributed by atoms with van der Waals surface area (Å²) < 4.78 is 91.4. The highest BCUT2D eigenvalue weighted by Gasteiger charge is 2.41. The number of anilines is 1. The highest BCUT2D eigenvalue weighted by Crippen LogP contribution is 2.40. The van der Waals surface area contributed by atoms with Crippen LogP contribution in [0.3, 0.4) is 0 Å². The predicted molar refractivity (Wildman–Crippen MR) is 139 cm³/mol. The van der Waals surface area contributed by atoms with E-state index in [0.717, 1.165) is 35.0 Å². The van der Waals surface area contributed by atoms with Gasteiger partial charge in [0.2, 0.25) is 5.91 Å². The van der Waals surface area contributed by atoms with Crippen molar-refractivity contribution in [3.8, 4) is 16.9 Å². The number of carbonyl (C=O) groups excluding carboxylic acids is 2. The molecule has 2 heterocycles. The molecule has 0 saturated carbocycles. The summed E-state index contributed by atoms with van der Waals surface area (Å²) in [5, 5.41) is 2.51. The molecule has 0 saturated heterocycles. The third-order valence-electron chi connectivity index (χ3n) is 6.55. The van der Waals surface area contributed by atoms with Crippen LogP contribution in [0.5, 0.6) is 5.75 Å². The SMILES string of the molecule is NC(=O)c1ccc(NC(=O)[C@H](CCOC(F)F)n2cc3c(cc2=O)-c2cc(Cl)ccc2C[C@@H](C(F)(F)F)CO3)cc1F. The summed E-state index contributed by atoms with van der Waals surface area (Å²) in [6.07, 6.45) is -4.56. The van der Waals surface area contributed by atoms with E-state index < -0.39 is 79.6 Å². The first-order valence-electron chi connectivity index (χ1n) is 12.3. The Morgan fingerprint density at radius 1 is 1.14 bits per heavy atom. The summed E-state index contributed by atoms with van der Waals surface area (Å²) in [7, 11) is 0. The molecular weight excluding hydrogens is 596 g/mol. The first kappa shape index (κ1) is 30.9. The van der Waals surface area contributed by atoms with Crippen molar-refractivity contribution in [3.63, 3.8) is 0 Å². The Morgan fingerprint density at radius 2 is 1.88 bits per heavy atom. The molecule has 2 aromatic carbocycles. The lowest BCUT2D eigenvalue weighted by Gasteiger charge is -2.27. The number of pyridine rings is 1. The van der Waals surface area contributed by atoms with Crippen LogP contribution >= 0.6 is 11.6 Å². The number of alkyl halides is 5. The molecule has 42 heavy (non-hydrogen) atoms. The number of hydrogen-bond acceptors (Lipinski definition) is 5. The van der Waals surface area contributed by atoms with Gasteiger partial charge < -0.3 is 20.5 Å². The molecule has 0 bridgehead atoms. The van der Waals surface area contributed by atoms with Crippen molar-refractivity contribution in [1.82, 2.24) is 4.57 Å². The summed E-state index contributed by atoms with van der Waals surface area (Å²) in [6, 6.07) is 6.63. The summed E-state index contributed by atoms with van der Waals surface area (Å²) >= 11 is 6.10. The van der Waals surface area contributed by atoms with Crippen LogP contribution in [-0.2, 0) is 16.0 Å². The number of primary amides is 1. The number of hydrogen-bond donors (Lipinski definition) is 2. The number of nitrogens with zero attached hydrogens (tertiary/aromatic N) is 1. The molecule has 2 atom stereocenters. The number of nitrogens with one attached hydrogen (secondary N) is 1. The quantitative estimate of drug-likeness (QED) is 0.332. The van der Waals surface area contributed by atoms with Crippen LogP contribution in [-0.4, -0.2) is 42.4 Å². The molecule has 8 nitrogen and oxygen atoms in total. The van der Waals surface area contributed by atoms with Gasteiger partial charge in [-0.1, -0.05) is 17.7 Å². The van der Waals surface area contributed by atoms with Crippen molar-refractivity contribution in [2.75, 3.05) is 18.5 Å². The minimum atomic E-state index is -4.63. The number of nitrogens with two attached hydrogens (primary N) is 1. The molecule has 0 fully saturated rings. The number of fused-ring (bicyclic) bond motifs is 3. The molecule has 224 valence electrons. The fourth-order valence-electron chi connectivity index (χ4n) is 4.48. The second-order valence-corrected chi connectivity index (χ2v) is 9.77. The van der Waals surface area contributed by atoms with E-state index in [-0.39, 0.29) is 33.1 Å². The molecule has 0 radical (unpaired) electrons. The Labute approximate surface area is 239 Å². The van der Waals surface area contributed by atoms with Gasteiger partial charge in [0.15, 0.2) is 0 Å². The second-order valence-electron chi connectivity index (χ2n) is 9.34. The van der Waals surface area contributed by atoms with Gasteiger partial charge in [0.25, 0.3) is 11.5 Å². The van der Waals surface area contributed by atoms with Gasteiger partial charge in [0.1, 0.15) is 24.2 Å². The van der Waals surface area contributed by atoms with Gasteiger partial charge in [-0.2, -0.15) is 22.0 Å². The Morgan fingerprint density at radius 3 is 2.52 bits per heavy atom. The zero-order chi connectivity index (χ0) is 30.8. The molecule has 0 spiro atoms. The number of halogens is 7. The van der Waals surface area contributed by atoms with Crippen molar-refractivity contribution in [2.45, 2.75) is 31.7 Å².